The molecule has 5 nitrogen and oxygen atoms in total. The topological polar surface area (TPSA) is 61.8 Å². The number of rotatable bonds is 10. The molecule has 5 heteroatoms. The predicted octanol–water partition coefficient (Wildman–Crippen LogP) is 6.24. The first-order chi connectivity index (χ1) is 16.1. The molecule has 0 radical (unpaired) electrons. The van der Waals surface area contributed by atoms with E-state index in [0.717, 1.165) is 48.0 Å². The second-order valence-corrected chi connectivity index (χ2v) is 7.20. The Morgan fingerprint density at radius 3 is 1.82 bits per heavy atom. The molecule has 0 atom stereocenters. The largest absolute Gasteiger partial charge is 0.494 e. The Balaban J connectivity index is 1.53. The predicted molar refractivity (Wildman–Crippen MR) is 129 cm³/mol. The second-order valence-electron chi connectivity index (χ2n) is 7.20. The van der Waals surface area contributed by atoms with Crippen LogP contribution in [-0.2, 0) is 9.59 Å². The molecular weight excluding hydrogens is 416 g/mol. The van der Waals surface area contributed by atoms with Crippen molar-refractivity contribution < 1.29 is 23.8 Å². The number of benzene rings is 3. The Morgan fingerprint density at radius 1 is 0.758 bits per heavy atom. The fourth-order valence-electron chi connectivity index (χ4n) is 2.91. The van der Waals surface area contributed by atoms with Crippen molar-refractivity contribution in [3.8, 4) is 28.4 Å². The number of esters is 2. The number of carbonyl (C=O) groups excluding carboxylic acids is 2. The van der Waals surface area contributed by atoms with Crippen LogP contribution in [0.1, 0.15) is 25.3 Å². The van der Waals surface area contributed by atoms with Gasteiger partial charge in [-0.2, -0.15) is 0 Å². The minimum absolute atomic E-state index is 0.342. The van der Waals surface area contributed by atoms with Crippen LogP contribution in [0.5, 0.6) is 17.2 Å². The summed E-state index contributed by atoms with van der Waals surface area (Å²) in [6.45, 7) is 6.21. The van der Waals surface area contributed by atoms with Gasteiger partial charge >= 0.3 is 11.9 Å². The molecule has 33 heavy (non-hydrogen) atoms. The Labute approximate surface area is 193 Å². The van der Waals surface area contributed by atoms with Crippen molar-refractivity contribution in [3.63, 3.8) is 0 Å². The molecule has 0 N–H and O–H groups in total. The van der Waals surface area contributed by atoms with E-state index in [1.807, 2.05) is 48.5 Å². The summed E-state index contributed by atoms with van der Waals surface area (Å²) < 4.78 is 15.9. The average molecular weight is 443 g/mol. The van der Waals surface area contributed by atoms with E-state index < -0.39 is 11.9 Å². The van der Waals surface area contributed by atoms with Gasteiger partial charge in [0, 0.05) is 12.2 Å². The smallest absolute Gasteiger partial charge is 0.336 e. The standard InChI is InChI=1S/C28H26O5/c1-3-5-20-31-24-13-11-23(12-14-24)22-9-6-21(7-10-22)8-19-28(30)33-26-17-15-25(16-18-26)32-27(29)4-2/h4,6-19H,2-3,5,20H2,1H3/b19-8+. The molecule has 0 heterocycles. The van der Waals surface area contributed by atoms with Crippen LogP contribution in [0.3, 0.4) is 0 Å². The normalized spacial score (nSPS) is 10.6. The van der Waals surface area contributed by atoms with Crippen LogP contribution in [0.4, 0.5) is 0 Å². The molecule has 0 bridgehead atoms. The molecule has 0 saturated heterocycles. The van der Waals surface area contributed by atoms with Crippen LogP contribution in [0.2, 0.25) is 0 Å². The van der Waals surface area contributed by atoms with Gasteiger partial charge in [0.2, 0.25) is 0 Å². The van der Waals surface area contributed by atoms with Gasteiger partial charge < -0.3 is 14.2 Å². The Kier molecular flexibility index (Phi) is 8.60. The fraction of sp³-hybridized carbons (Fsp3) is 0.143. The molecule has 3 aromatic rings. The summed E-state index contributed by atoms with van der Waals surface area (Å²) >= 11 is 0. The summed E-state index contributed by atoms with van der Waals surface area (Å²) in [5, 5.41) is 0. The summed E-state index contributed by atoms with van der Waals surface area (Å²) in [5.41, 5.74) is 3.05. The highest BCUT2D eigenvalue weighted by atomic mass is 16.5. The number of ether oxygens (including phenoxy) is 3. The number of carbonyl (C=O) groups is 2. The van der Waals surface area contributed by atoms with E-state index in [4.69, 9.17) is 14.2 Å². The Morgan fingerprint density at radius 2 is 1.27 bits per heavy atom. The van der Waals surface area contributed by atoms with E-state index in [1.54, 1.807) is 18.2 Å². The SMILES string of the molecule is C=CC(=O)Oc1ccc(OC(=O)/C=C/c2ccc(-c3ccc(OCCCC)cc3)cc2)cc1. The number of hydrogen-bond donors (Lipinski definition) is 0. The maximum Gasteiger partial charge on any atom is 0.336 e. The van der Waals surface area contributed by atoms with Gasteiger partial charge in [0.1, 0.15) is 17.2 Å². The highest BCUT2D eigenvalue weighted by Crippen LogP contribution is 2.23. The first-order valence-electron chi connectivity index (χ1n) is 10.7. The van der Waals surface area contributed by atoms with Gasteiger partial charge in [-0.15, -0.1) is 0 Å². The monoisotopic (exact) mass is 442 g/mol. The van der Waals surface area contributed by atoms with E-state index in [2.05, 4.69) is 13.5 Å². The molecule has 168 valence electrons. The third kappa shape index (κ3) is 7.51. The molecule has 0 amide bonds. The molecule has 3 rings (SSSR count). The van der Waals surface area contributed by atoms with E-state index in [1.165, 1.54) is 18.2 Å². The molecule has 0 aromatic heterocycles. The Hall–Kier alpha value is -4.12. The first-order valence-corrected chi connectivity index (χ1v) is 10.7. The zero-order chi connectivity index (χ0) is 23.5. The molecule has 0 aliphatic carbocycles. The zero-order valence-electron chi connectivity index (χ0n) is 18.5. The molecular formula is C28H26O5. The Bertz CT molecular complexity index is 1090. The van der Waals surface area contributed by atoms with Crippen LogP contribution < -0.4 is 14.2 Å². The number of hydrogen-bond acceptors (Lipinski definition) is 5. The van der Waals surface area contributed by atoms with Crippen molar-refractivity contribution in [2.75, 3.05) is 6.61 Å². The lowest BCUT2D eigenvalue weighted by Gasteiger charge is -2.07. The summed E-state index contributed by atoms with van der Waals surface area (Å²) in [6, 6.07) is 22.1. The molecule has 0 saturated carbocycles. The highest BCUT2D eigenvalue weighted by molar-refractivity contribution is 5.89. The van der Waals surface area contributed by atoms with Crippen LogP contribution in [0.25, 0.3) is 17.2 Å². The molecule has 0 aliphatic rings. The van der Waals surface area contributed by atoms with Gasteiger partial charge in [-0.05, 0) is 65.6 Å². The van der Waals surface area contributed by atoms with Crippen LogP contribution in [-0.4, -0.2) is 18.5 Å². The first kappa shape index (κ1) is 23.5. The minimum atomic E-state index is -0.554. The lowest BCUT2D eigenvalue weighted by Crippen LogP contribution is -2.05. The van der Waals surface area contributed by atoms with Crippen molar-refractivity contribution in [2.45, 2.75) is 19.8 Å². The van der Waals surface area contributed by atoms with Crippen LogP contribution >= 0.6 is 0 Å². The van der Waals surface area contributed by atoms with Crippen molar-refractivity contribution in [1.29, 1.82) is 0 Å². The van der Waals surface area contributed by atoms with Gasteiger partial charge in [0.25, 0.3) is 0 Å². The second kappa shape index (κ2) is 12.1. The van der Waals surface area contributed by atoms with Crippen LogP contribution in [0.15, 0.2) is 91.5 Å². The summed E-state index contributed by atoms with van der Waals surface area (Å²) in [6.07, 6.45) is 6.29. The van der Waals surface area contributed by atoms with Gasteiger partial charge in [0.15, 0.2) is 0 Å². The van der Waals surface area contributed by atoms with Gasteiger partial charge in [-0.25, -0.2) is 9.59 Å². The molecule has 0 fully saturated rings. The van der Waals surface area contributed by atoms with E-state index in [-0.39, 0.29) is 0 Å². The molecule has 3 aromatic carbocycles. The van der Waals surface area contributed by atoms with Crippen molar-refractivity contribution >= 4 is 18.0 Å². The third-order valence-electron chi connectivity index (χ3n) is 4.70. The van der Waals surface area contributed by atoms with E-state index in [0.29, 0.717) is 11.5 Å². The fourth-order valence-corrected chi connectivity index (χ4v) is 2.91. The van der Waals surface area contributed by atoms with Crippen LogP contribution in [0, 0.1) is 0 Å². The van der Waals surface area contributed by atoms with Crippen molar-refractivity contribution in [3.05, 3.63) is 97.1 Å². The van der Waals surface area contributed by atoms with Gasteiger partial charge in [-0.1, -0.05) is 56.3 Å². The zero-order valence-corrected chi connectivity index (χ0v) is 18.5. The lowest BCUT2D eigenvalue weighted by atomic mass is 10.0. The van der Waals surface area contributed by atoms with E-state index in [9.17, 15) is 9.59 Å². The quantitative estimate of drug-likeness (QED) is 0.161. The van der Waals surface area contributed by atoms with Crippen molar-refractivity contribution in [2.24, 2.45) is 0 Å². The highest BCUT2D eigenvalue weighted by Gasteiger charge is 2.04. The lowest BCUT2D eigenvalue weighted by molar-refractivity contribution is -0.130. The molecule has 0 spiro atoms. The van der Waals surface area contributed by atoms with Gasteiger partial charge in [0.05, 0.1) is 6.61 Å². The summed E-state index contributed by atoms with van der Waals surface area (Å²) in [4.78, 5) is 23.3. The summed E-state index contributed by atoms with van der Waals surface area (Å²) in [5.74, 6) is 0.503. The summed E-state index contributed by atoms with van der Waals surface area (Å²) in [7, 11) is 0. The maximum atomic E-state index is 12.1. The third-order valence-corrected chi connectivity index (χ3v) is 4.70. The molecule has 0 unspecified atom stereocenters. The van der Waals surface area contributed by atoms with Crippen molar-refractivity contribution in [1.82, 2.24) is 0 Å². The van der Waals surface area contributed by atoms with E-state index >= 15 is 0 Å². The van der Waals surface area contributed by atoms with Gasteiger partial charge in [-0.3, -0.25) is 0 Å². The number of unbranched alkanes of at least 4 members (excludes halogenated alkanes) is 1. The average Bonchev–Trinajstić information content (AvgIpc) is 2.85. The maximum absolute atomic E-state index is 12.1. The molecule has 0 aliphatic heterocycles. The minimum Gasteiger partial charge on any atom is -0.494 e.